The number of hydrogen-bond acceptors (Lipinski definition) is 6. The summed E-state index contributed by atoms with van der Waals surface area (Å²) in [6.45, 7) is 1.91. The molecule has 1 aliphatic rings. The molecule has 1 aliphatic heterocycles. The van der Waals surface area contributed by atoms with Crippen LogP contribution in [0, 0.1) is 6.92 Å². The second-order valence-corrected chi connectivity index (χ2v) is 6.73. The number of anilines is 1. The molecule has 2 aromatic heterocycles. The van der Waals surface area contributed by atoms with E-state index in [4.69, 9.17) is 0 Å². The third-order valence-corrected chi connectivity index (χ3v) is 5.22. The first-order chi connectivity index (χ1) is 12.1. The van der Waals surface area contributed by atoms with E-state index in [1.165, 1.54) is 11.8 Å². The zero-order valence-corrected chi connectivity index (χ0v) is 14.2. The molecule has 1 atom stereocenters. The van der Waals surface area contributed by atoms with Crippen molar-refractivity contribution in [1.82, 2.24) is 19.7 Å². The van der Waals surface area contributed by atoms with Crippen LogP contribution in [0.2, 0.25) is 0 Å². The van der Waals surface area contributed by atoms with Crippen LogP contribution in [-0.4, -0.2) is 36.5 Å². The number of hydrogen-bond donors (Lipinski definition) is 2. The molecule has 126 valence electrons. The SMILES string of the molecule is Cc1nn(-c2ncccn2)c2c1C(c1ccc(O)cc1)SCC(=O)N2. The molecule has 3 heterocycles. The number of aromatic nitrogens is 4. The number of rotatable bonds is 2. The van der Waals surface area contributed by atoms with Crippen molar-refractivity contribution in [2.75, 3.05) is 11.1 Å². The van der Waals surface area contributed by atoms with Gasteiger partial charge < -0.3 is 10.4 Å². The van der Waals surface area contributed by atoms with E-state index >= 15 is 0 Å². The quantitative estimate of drug-likeness (QED) is 0.735. The molecule has 7 nitrogen and oxygen atoms in total. The van der Waals surface area contributed by atoms with Gasteiger partial charge in [-0.15, -0.1) is 11.8 Å². The van der Waals surface area contributed by atoms with Crippen LogP contribution in [0.25, 0.3) is 5.95 Å². The van der Waals surface area contributed by atoms with E-state index in [0.717, 1.165) is 16.8 Å². The summed E-state index contributed by atoms with van der Waals surface area (Å²) in [5.41, 5.74) is 2.72. The number of amides is 1. The fourth-order valence-corrected chi connectivity index (χ4v) is 4.03. The van der Waals surface area contributed by atoms with E-state index in [1.54, 1.807) is 35.3 Å². The zero-order valence-electron chi connectivity index (χ0n) is 13.4. The molecule has 0 fully saturated rings. The van der Waals surface area contributed by atoms with Crippen molar-refractivity contribution >= 4 is 23.5 Å². The summed E-state index contributed by atoms with van der Waals surface area (Å²) in [6.07, 6.45) is 3.27. The van der Waals surface area contributed by atoms with Gasteiger partial charge in [0.25, 0.3) is 5.95 Å². The van der Waals surface area contributed by atoms with Crippen LogP contribution in [0.15, 0.2) is 42.7 Å². The predicted molar refractivity (Wildman–Crippen MR) is 94.9 cm³/mol. The molecule has 0 saturated carbocycles. The van der Waals surface area contributed by atoms with E-state index in [-0.39, 0.29) is 16.9 Å². The van der Waals surface area contributed by atoms with Crippen molar-refractivity contribution in [1.29, 1.82) is 0 Å². The Kier molecular flexibility index (Phi) is 3.89. The molecular weight excluding hydrogens is 338 g/mol. The van der Waals surface area contributed by atoms with Crippen LogP contribution in [0.1, 0.15) is 22.1 Å². The Bertz CT molecular complexity index is 924. The molecular formula is C17H15N5O2S. The lowest BCUT2D eigenvalue weighted by atomic mass is 10.0. The summed E-state index contributed by atoms with van der Waals surface area (Å²) >= 11 is 1.53. The largest absolute Gasteiger partial charge is 0.508 e. The second kappa shape index (κ2) is 6.21. The Balaban J connectivity index is 1.88. The summed E-state index contributed by atoms with van der Waals surface area (Å²) in [4.78, 5) is 20.7. The number of carbonyl (C=O) groups excluding carboxylic acids is 1. The molecule has 3 aromatic rings. The second-order valence-electron chi connectivity index (χ2n) is 5.64. The van der Waals surface area contributed by atoms with Gasteiger partial charge in [0.1, 0.15) is 11.6 Å². The van der Waals surface area contributed by atoms with E-state index < -0.39 is 0 Å². The first-order valence-electron chi connectivity index (χ1n) is 7.71. The van der Waals surface area contributed by atoms with Crippen molar-refractivity contribution in [3.8, 4) is 11.7 Å². The highest BCUT2D eigenvalue weighted by Crippen LogP contribution is 2.43. The van der Waals surface area contributed by atoms with Gasteiger partial charge >= 0.3 is 0 Å². The lowest BCUT2D eigenvalue weighted by Crippen LogP contribution is -2.16. The number of aromatic hydroxyl groups is 1. The molecule has 0 bridgehead atoms. The minimum Gasteiger partial charge on any atom is -0.508 e. The fraction of sp³-hybridized carbons (Fsp3) is 0.176. The maximum Gasteiger partial charge on any atom is 0.252 e. The van der Waals surface area contributed by atoms with Crippen molar-refractivity contribution in [3.63, 3.8) is 0 Å². The molecule has 0 saturated heterocycles. The van der Waals surface area contributed by atoms with Crippen LogP contribution < -0.4 is 5.32 Å². The third kappa shape index (κ3) is 2.85. The van der Waals surface area contributed by atoms with Gasteiger partial charge in [-0.25, -0.2) is 9.97 Å². The highest BCUT2D eigenvalue weighted by atomic mass is 32.2. The zero-order chi connectivity index (χ0) is 17.4. The van der Waals surface area contributed by atoms with E-state index in [9.17, 15) is 9.90 Å². The molecule has 0 aliphatic carbocycles. The first-order valence-corrected chi connectivity index (χ1v) is 8.75. The van der Waals surface area contributed by atoms with Crippen LogP contribution in [-0.2, 0) is 4.79 Å². The number of nitrogens with one attached hydrogen (secondary N) is 1. The van der Waals surface area contributed by atoms with E-state index in [1.807, 2.05) is 19.1 Å². The number of fused-ring (bicyclic) bond motifs is 1. The van der Waals surface area contributed by atoms with Crippen LogP contribution in [0.5, 0.6) is 5.75 Å². The Morgan fingerprint density at radius 1 is 1.24 bits per heavy atom. The van der Waals surface area contributed by atoms with Crippen LogP contribution in [0.3, 0.4) is 0 Å². The topological polar surface area (TPSA) is 92.9 Å². The average Bonchev–Trinajstić information content (AvgIpc) is 2.83. The third-order valence-electron chi connectivity index (χ3n) is 3.95. The van der Waals surface area contributed by atoms with Gasteiger partial charge in [-0.1, -0.05) is 12.1 Å². The molecule has 8 heteroatoms. The van der Waals surface area contributed by atoms with E-state index in [2.05, 4.69) is 20.4 Å². The number of nitrogens with zero attached hydrogens (tertiary/aromatic N) is 4. The minimum absolute atomic E-state index is 0.0768. The molecule has 0 radical (unpaired) electrons. The highest BCUT2D eigenvalue weighted by molar-refractivity contribution is 8.00. The van der Waals surface area contributed by atoms with Gasteiger partial charge in [0.05, 0.1) is 16.7 Å². The van der Waals surface area contributed by atoms with Crippen molar-refractivity contribution in [3.05, 3.63) is 59.5 Å². The summed E-state index contributed by atoms with van der Waals surface area (Å²) in [6, 6.07) is 8.75. The maximum absolute atomic E-state index is 12.2. The Hall–Kier alpha value is -2.87. The summed E-state index contributed by atoms with van der Waals surface area (Å²) in [7, 11) is 0. The summed E-state index contributed by atoms with van der Waals surface area (Å²) < 4.78 is 1.57. The molecule has 1 aromatic carbocycles. The van der Waals surface area contributed by atoms with Gasteiger partial charge in [0, 0.05) is 18.0 Å². The van der Waals surface area contributed by atoms with Crippen molar-refractivity contribution in [2.45, 2.75) is 12.2 Å². The average molecular weight is 353 g/mol. The Morgan fingerprint density at radius 2 is 1.96 bits per heavy atom. The highest BCUT2D eigenvalue weighted by Gasteiger charge is 2.31. The summed E-state index contributed by atoms with van der Waals surface area (Å²) in [5.74, 6) is 1.45. The number of aryl methyl sites for hydroxylation is 1. The molecule has 4 rings (SSSR count). The fourth-order valence-electron chi connectivity index (χ4n) is 2.84. The van der Waals surface area contributed by atoms with Crippen molar-refractivity contribution < 1.29 is 9.90 Å². The van der Waals surface area contributed by atoms with Crippen LogP contribution in [0.4, 0.5) is 5.82 Å². The summed E-state index contributed by atoms with van der Waals surface area (Å²) in [5, 5.41) is 17.0. The lowest BCUT2D eigenvalue weighted by Gasteiger charge is -2.15. The smallest absolute Gasteiger partial charge is 0.252 e. The first kappa shape index (κ1) is 15.6. The van der Waals surface area contributed by atoms with Gasteiger partial charge in [-0.05, 0) is 30.7 Å². The standard InChI is InChI=1S/C17H15N5O2S/c1-10-14-15(11-3-5-12(23)6-4-11)25-9-13(24)20-16(14)22(21-10)17-18-7-2-8-19-17/h2-8,15,23H,9H2,1H3,(H,20,24). The van der Waals surface area contributed by atoms with Gasteiger partial charge in [0.2, 0.25) is 5.91 Å². The monoisotopic (exact) mass is 353 g/mol. The molecule has 1 amide bonds. The number of thioether (sulfide) groups is 1. The number of phenols is 1. The Morgan fingerprint density at radius 3 is 2.68 bits per heavy atom. The normalized spacial score (nSPS) is 16.8. The molecule has 25 heavy (non-hydrogen) atoms. The van der Waals surface area contributed by atoms with E-state index in [0.29, 0.717) is 17.5 Å². The molecule has 1 unspecified atom stereocenters. The lowest BCUT2D eigenvalue weighted by molar-refractivity contribution is -0.113. The van der Waals surface area contributed by atoms with Gasteiger partial charge in [0.15, 0.2) is 0 Å². The maximum atomic E-state index is 12.2. The Labute approximate surface area is 148 Å². The number of benzene rings is 1. The predicted octanol–water partition coefficient (Wildman–Crippen LogP) is 2.45. The molecule has 2 N–H and O–H groups in total. The van der Waals surface area contributed by atoms with Gasteiger partial charge in [-0.3, -0.25) is 4.79 Å². The van der Waals surface area contributed by atoms with Crippen LogP contribution >= 0.6 is 11.8 Å². The molecule has 0 spiro atoms. The van der Waals surface area contributed by atoms with Crippen molar-refractivity contribution in [2.24, 2.45) is 0 Å². The number of carbonyl (C=O) groups is 1. The van der Waals surface area contributed by atoms with Gasteiger partial charge in [-0.2, -0.15) is 9.78 Å². The number of phenolic OH excluding ortho intramolecular Hbond substituents is 1. The minimum atomic E-state index is -0.0930.